The lowest BCUT2D eigenvalue weighted by Crippen LogP contribution is -2.41. The standard InChI is InChI=1S/C19H27FN4O3S2.HI/c1-4-21-18(23-13-19(3,25)17-6-5-10-28-17)22-9-11-29(26,27)24-15-8-7-14(2)16(20)12-15;/h5-8,10,12,24-25H,4,9,11,13H2,1-3H3,(H2,21,22,23);1H. The topological polar surface area (TPSA) is 103 Å². The summed E-state index contributed by atoms with van der Waals surface area (Å²) in [7, 11) is -3.66. The molecule has 168 valence electrons. The van der Waals surface area contributed by atoms with Crippen LogP contribution in [0.5, 0.6) is 0 Å². The van der Waals surface area contributed by atoms with Crippen LogP contribution in [0, 0.1) is 12.7 Å². The Balaban J connectivity index is 0.00000450. The first kappa shape index (κ1) is 26.6. The molecule has 0 aliphatic carbocycles. The molecule has 2 aromatic rings. The number of benzene rings is 1. The average Bonchev–Trinajstić information content (AvgIpc) is 3.18. The average molecular weight is 570 g/mol. The number of aliphatic imine (C=N–C) groups is 1. The monoisotopic (exact) mass is 570 g/mol. The van der Waals surface area contributed by atoms with Gasteiger partial charge in [-0.1, -0.05) is 12.1 Å². The first-order chi connectivity index (χ1) is 13.6. The van der Waals surface area contributed by atoms with Crippen molar-refractivity contribution < 1.29 is 17.9 Å². The van der Waals surface area contributed by atoms with Crippen molar-refractivity contribution in [3.63, 3.8) is 0 Å². The van der Waals surface area contributed by atoms with Gasteiger partial charge in [-0.25, -0.2) is 17.8 Å². The minimum Gasteiger partial charge on any atom is -0.383 e. The largest absolute Gasteiger partial charge is 0.383 e. The zero-order chi connectivity index (χ0) is 21.5. The number of aryl methyl sites for hydroxylation is 1. The van der Waals surface area contributed by atoms with E-state index >= 15 is 0 Å². The van der Waals surface area contributed by atoms with Gasteiger partial charge in [0.2, 0.25) is 10.0 Å². The van der Waals surface area contributed by atoms with E-state index in [-0.39, 0.29) is 48.5 Å². The Labute approximate surface area is 198 Å². The van der Waals surface area contributed by atoms with Crippen LogP contribution >= 0.6 is 35.3 Å². The third kappa shape index (κ3) is 8.36. The summed E-state index contributed by atoms with van der Waals surface area (Å²) < 4.78 is 40.4. The summed E-state index contributed by atoms with van der Waals surface area (Å²) >= 11 is 1.44. The van der Waals surface area contributed by atoms with Crippen molar-refractivity contribution in [2.75, 3.05) is 30.1 Å². The van der Waals surface area contributed by atoms with Crippen LogP contribution in [-0.2, 0) is 15.6 Å². The lowest BCUT2D eigenvalue weighted by atomic mass is 10.1. The van der Waals surface area contributed by atoms with Crippen LogP contribution in [0.25, 0.3) is 0 Å². The van der Waals surface area contributed by atoms with E-state index in [1.807, 2.05) is 24.4 Å². The number of nitrogens with zero attached hydrogens (tertiary/aromatic N) is 1. The molecule has 2 rings (SSSR count). The molecule has 1 heterocycles. The van der Waals surface area contributed by atoms with Gasteiger partial charge in [-0.05, 0) is 49.9 Å². The van der Waals surface area contributed by atoms with Crippen molar-refractivity contribution in [1.82, 2.24) is 10.6 Å². The molecule has 11 heteroatoms. The molecule has 0 spiro atoms. The van der Waals surface area contributed by atoms with Crippen molar-refractivity contribution >= 4 is 57.0 Å². The summed E-state index contributed by atoms with van der Waals surface area (Å²) in [5, 5.41) is 18.4. The molecule has 0 bridgehead atoms. The van der Waals surface area contributed by atoms with Crippen molar-refractivity contribution in [1.29, 1.82) is 0 Å². The molecule has 1 aromatic heterocycles. The number of sulfonamides is 1. The van der Waals surface area contributed by atoms with Crippen LogP contribution in [0.3, 0.4) is 0 Å². The Morgan fingerprint density at radius 1 is 1.30 bits per heavy atom. The highest BCUT2D eigenvalue weighted by Gasteiger charge is 2.24. The summed E-state index contributed by atoms with van der Waals surface area (Å²) in [6, 6.07) is 7.88. The van der Waals surface area contributed by atoms with Crippen LogP contribution in [0.15, 0.2) is 40.7 Å². The predicted molar refractivity (Wildman–Crippen MR) is 132 cm³/mol. The molecule has 0 aliphatic heterocycles. The lowest BCUT2D eigenvalue weighted by Gasteiger charge is -2.20. The Hall–Kier alpha value is -1.44. The van der Waals surface area contributed by atoms with Crippen molar-refractivity contribution in [3.8, 4) is 0 Å². The van der Waals surface area contributed by atoms with Gasteiger partial charge in [-0.2, -0.15) is 0 Å². The maximum Gasteiger partial charge on any atom is 0.234 e. The highest BCUT2D eigenvalue weighted by atomic mass is 127. The highest BCUT2D eigenvalue weighted by Crippen LogP contribution is 2.25. The SMILES string of the molecule is CCNC(=NCC(C)(O)c1cccs1)NCCS(=O)(=O)Nc1ccc(C)c(F)c1.I. The van der Waals surface area contributed by atoms with Gasteiger partial charge in [0.05, 0.1) is 18.0 Å². The Bertz CT molecular complexity index is 935. The number of halogens is 2. The molecule has 0 saturated heterocycles. The lowest BCUT2D eigenvalue weighted by molar-refractivity contribution is 0.0711. The van der Waals surface area contributed by atoms with Crippen LogP contribution in [0.2, 0.25) is 0 Å². The first-order valence-corrected chi connectivity index (χ1v) is 11.7. The van der Waals surface area contributed by atoms with E-state index < -0.39 is 21.4 Å². The molecule has 4 N–H and O–H groups in total. The molecule has 0 aliphatic rings. The second kappa shape index (κ2) is 11.8. The fourth-order valence-electron chi connectivity index (χ4n) is 2.43. The van der Waals surface area contributed by atoms with Gasteiger partial charge >= 0.3 is 0 Å². The second-order valence-corrected chi connectivity index (χ2v) is 9.55. The maximum absolute atomic E-state index is 13.6. The summed E-state index contributed by atoms with van der Waals surface area (Å²) in [6.07, 6.45) is 0. The quantitative estimate of drug-likeness (QED) is 0.211. The number of rotatable bonds is 9. The van der Waals surface area contributed by atoms with E-state index in [0.29, 0.717) is 18.1 Å². The summed E-state index contributed by atoms with van der Waals surface area (Å²) in [5.41, 5.74) is -0.486. The number of guanidine groups is 1. The van der Waals surface area contributed by atoms with E-state index in [1.54, 1.807) is 13.8 Å². The molecule has 0 fully saturated rings. The zero-order valence-corrected chi connectivity index (χ0v) is 21.1. The normalized spacial score (nSPS) is 13.8. The molecule has 1 aromatic carbocycles. The molecule has 30 heavy (non-hydrogen) atoms. The molecular formula is C19H28FIN4O3S2. The molecule has 0 radical (unpaired) electrons. The fourth-order valence-corrected chi connectivity index (χ4v) is 4.17. The number of hydrogen-bond acceptors (Lipinski definition) is 5. The number of thiophene rings is 1. The summed E-state index contributed by atoms with van der Waals surface area (Å²) in [5.74, 6) is -0.294. The van der Waals surface area contributed by atoms with Crippen LogP contribution < -0.4 is 15.4 Å². The highest BCUT2D eigenvalue weighted by molar-refractivity contribution is 14.0. The van der Waals surface area contributed by atoms with Gasteiger partial charge in [0.25, 0.3) is 0 Å². The Morgan fingerprint density at radius 2 is 2.03 bits per heavy atom. The van der Waals surface area contributed by atoms with Gasteiger partial charge in [0.1, 0.15) is 11.4 Å². The number of hydrogen-bond donors (Lipinski definition) is 4. The fraction of sp³-hybridized carbons (Fsp3) is 0.421. The van der Waals surface area contributed by atoms with Gasteiger partial charge in [-0.15, -0.1) is 35.3 Å². The van der Waals surface area contributed by atoms with Gasteiger partial charge in [0, 0.05) is 18.0 Å². The molecule has 1 unspecified atom stereocenters. The van der Waals surface area contributed by atoms with Gasteiger partial charge < -0.3 is 15.7 Å². The van der Waals surface area contributed by atoms with Crippen molar-refractivity contribution in [2.24, 2.45) is 4.99 Å². The van der Waals surface area contributed by atoms with Crippen LogP contribution in [0.4, 0.5) is 10.1 Å². The molecule has 0 saturated carbocycles. The van der Waals surface area contributed by atoms with Crippen LogP contribution in [-0.4, -0.2) is 44.9 Å². The van der Waals surface area contributed by atoms with Gasteiger partial charge in [0.15, 0.2) is 5.96 Å². The number of nitrogens with one attached hydrogen (secondary N) is 3. The van der Waals surface area contributed by atoms with Crippen LogP contribution in [0.1, 0.15) is 24.3 Å². The summed E-state index contributed by atoms with van der Waals surface area (Å²) in [6.45, 7) is 5.97. The number of anilines is 1. The Morgan fingerprint density at radius 3 is 2.63 bits per heavy atom. The van der Waals surface area contributed by atoms with Crippen molar-refractivity contribution in [3.05, 3.63) is 52.0 Å². The minimum atomic E-state index is -3.66. The third-order valence-electron chi connectivity index (χ3n) is 4.05. The zero-order valence-electron chi connectivity index (χ0n) is 17.1. The van der Waals surface area contributed by atoms with E-state index in [4.69, 9.17) is 0 Å². The molecule has 7 nitrogen and oxygen atoms in total. The second-order valence-electron chi connectivity index (χ2n) is 6.76. The van der Waals surface area contributed by atoms with E-state index in [9.17, 15) is 17.9 Å². The molecule has 0 amide bonds. The van der Waals surface area contributed by atoms with Gasteiger partial charge in [-0.3, -0.25) is 4.72 Å². The summed E-state index contributed by atoms with van der Waals surface area (Å²) in [4.78, 5) is 5.15. The molecule has 1 atom stereocenters. The predicted octanol–water partition coefficient (Wildman–Crippen LogP) is 3.02. The first-order valence-electron chi connectivity index (χ1n) is 9.18. The maximum atomic E-state index is 13.6. The van der Waals surface area contributed by atoms with E-state index in [2.05, 4.69) is 20.3 Å². The number of aliphatic hydroxyl groups is 1. The van der Waals surface area contributed by atoms with E-state index in [0.717, 1.165) is 10.9 Å². The van der Waals surface area contributed by atoms with E-state index in [1.165, 1.54) is 23.5 Å². The Kier molecular flexibility index (Phi) is 10.5. The third-order valence-corrected chi connectivity index (χ3v) is 6.46. The molecular weight excluding hydrogens is 542 g/mol. The smallest absolute Gasteiger partial charge is 0.234 e. The minimum absolute atomic E-state index is 0. The van der Waals surface area contributed by atoms with Crippen molar-refractivity contribution in [2.45, 2.75) is 26.4 Å².